The number of hydrogen-bond donors (Lipinski definition) is 1. The fraction of sp³-hybridized carbons (Fsp3) is 0.381. The second kappa shape index (κ2) is 10.7. The zero-order valence-electron chi connectivity index (χ0n) is 15.3. The van der Waals surface area contributed by atoms with Gasteiger partial charge >= 0.3 is 0 Å². The largest absolute Gasteiger partial charge is 0.379 e. The van der Waals surface area contributed by atoms with Crippen molar-refractivity contribution in [3.63, 3.8) is 0 Å². The number of benzene rings is 2. The van der Waals surface area contributed by atoms with Gasteiger partial charge in [0.2, 0.25) is 5.91 Å². The van der Waals surface area contributed by atoms with E-state index in [1.807, 2.05) is 42.5 Å². The van der Waals surface area contributed by atoms with E-state index >= 15 is 0 Å². The van der Waals surface area contributed by atoms with E-state index in [-0.39, 0.29) is 11.2 Å². The smallest absolute Gasteiger partial charge is 0.230 e. The van der Waals surface area contributed by atoms with Crippen LogP contribution in [0.4, 0.5) is 0 Å². The Morgan fingerprint density at radius 2 is 1.74 bits per heavy atom. The van der Waals surface area contributed by atoms with Crippen LogP contribution in [0.5, 0.6) is 0 Å². The lowest BCUT2D eigenvalue weighted by molar-refractivity contribution is -0.118. The summed E-state index contributed by atoms with van der Waals surface area (Å²) in [6.45, 7) is 5.00. The molecule has 0 radical (unpaired) electrons. The molecular formula is C21H25ClN2O2S. The zero-order chi connectivity index (χ0) is 18.9. The topological polar surface area (TPSA) is 41.6 Å². The van der Waals surface area contributed by atoms with Gasteiger partial charge in [-0.1, -0.05) is 54.1 Å². The molecule has 0 bridgehead atoms. The second-order valence-corrected chi connectivity index (χ2v) is 7.99. The summed E-state index contributed by atoms with van der Waals surface area (Å²) in [6, 6.07) is 18.1. The van der Waals surface area contributed by atoms with Crippen molar-refractivity contribution in [1.29, 1.82) is 0 Å². The first-order chi connectivity index (χ1) is 13.2. The monoisotopic (exact) mass is 404 g/mol. The summed E-state index contributed by atoms with van der Waals surface area (Å²) >= 11 is 7.67. The quantitative estimate of drug-likeness (QED) is 0.729. The average molecular weight is 405 g/mol. The van der Waals surface area contributed by atoms with Crippen LogP contribution in [0, 0.1) is 0 Å². The summed E-state index contributed by atoms with van der Waals surface area (Å²) in [5.74, 6) is 0.494. The molecule has 1 aliphatic rings. The maximum atomic E-state index is 12.3. The molecule has 1 amide bonds. The summed E-state index contributed by atoms with van der Waals surface area (Å²) in [5.41, 5.74) is 2.34. The van der Waals surface area contributed by atoms with Gasteiger partial charge in [0.25, 0.3) is 0 Å². The SMILES string of the molecule is O=C(CSC(c1ccccc1)c1ccc(Cl)cc1)NCCN1CCOCC1. The molecule has 1 saturated heterocycles. The molecule has 1 aliphatic heterocycles. The minimum Gasteiger partial charge on any atom is -0.379 e. The molecule has 0 saturated carbocycles. The van der Waals surface area contributed by atoms with Crippen LogP contribution in [-0.4, -0.2) is 56.0 Å². The van der Waals surface area contributed by atoms with Gasteiger partial charge in [-0.2, -0.15) is 0 Å². The van der Waals surface area contributed by atoms with Crippen LogP contribution in [0.2, 0.25) is 5.02 Å². The Bertz CT molecular complexity index is 706. The van der Waals surface area contributed by atoms with Gasteiger partial charge in [0, 0.05) is 31.2 Å². The minimum absolute atomic E-state index is 0.0724. The average Bonchev–Trinajstić information content (AvgIpc) is 2.71. The number of carbonyl (C=O) groups is 1. The van der Waals surface area contributed by atoms with Crippen LogP contribution in [0.3, 0.4) is 0 Å². The Kier molecular flexibility index (Phi) is 8.02. The normalized spacial score (nSPS) is 16.0. The van der Waals surface area contributed by atoms with E-state index in [4.69, 9.17) is 16.3 Å². The number of nitrogens with zero attached hydrogens (tertiary/aromatic N) is 1. The Labute approximate surface area is 170 Å². The molecule has 3 rings (SSSR count). The van der Waals surface area contributed by atoms with Crippen molar-refractivity contribution in [2.24, 2.45) is 0 Å². The molecule has 6 heteroatoms. The highest BCUT2D eigenvalue weighted by Crippen LogP contribution is 2.35. The van der Waals surface area contributed by atoms with E-state index in [1.165, 1.54) is 5.56 Å². The van der Waals surface area contributed by atoms with Crippen LogP contribution in [0.15, 0.2) is 54.6 Å². The first kappa shape index (κ1) is 20.2. The summed E-state index contributed by atoms with van der Waals surface area (Å²) in [4.78, 5) is 14.6. The minimum atomic E-state index is 0.0724. The standard InChI is InChI=1S/C21H25ClN2O2S/c22-19-8-6-18(7-9-19)21(17-4-2-1-3-5-17)27-16-20(25)23-10-11-24-12-14-26-15-13-24/h1-9,21H,10-16H2,(H,23,25). The van der Waals surface area contributed by atoms with Gasteiger partial charge < -0.3 is 10.1 Å². The van der Waals surface area contributed by atoms with Crippen LogP contribution < -0.4 is 5.32 Å². The maximum absolute atomic E-state index is 12.3. The number of amides is 1. The number of ether oxygens (including phenoxy) is 1. The highest BCUT2D eigenvalue weighted by molar-refractivity contribution is 8.00. The van der Waals surface area contributed by atoms with E-state index in [0.29, 0.717) is 12.3 Å². The lowest BCUT2D eigenvalue weighted by atomic mass is 10.0. The van der Waals surface area contributed by atoms with E-state index < -0.39 is 0 Å². The van der Waals surface area contributed by atoms with E-state index in [2.05, 4.69) is 22.3 Å². The van der Waals surface area contributed by atoms with Gasteiger partial charge in [-0.25, -0.2) is 0 Å². The Hall–Kier alpha value is -1.53. The molecule has 1 N–H and O–H groups in total. The number of morpholine rings is 1. The molecule has 1 atom stereocenters. The van der Waals surface area contributed by atoms with Crippen molar-refractivity contribution in [1.82, 2.24) is 10.2 Å². The van der Waals surface area contributed by atoms with Gasteiger partial charge in [0.1, 0.15) is 0 Å². The number of thioether (sulfide) groups is 1. The molecule has 2 aromatic carbocycles. The molecule has 1 fully saturated rings. The summed E-state index contributed by atoms with van der Waals surface area (Å²) < 4.78 is 5.34. The fourth-order valence-corrected chi connectivity index (χ4v) is 4.28. The van der Waals surface area contributed by atoms with Crippen LogP contribution in [0.1, 0.15) is 16.4 Å². The molecule has 2 aromatic rings. The zero-order valence-corrected chi connectivity index (χ0v) is 16.8. The van der Waals surface area contributed by atoms with Crippen molar-refractivity contribution in [3.05, 3.63) is 70.7 Å². The molecule has 4 nitrogen and oxygen atoms in total. The molecule has 1 unspecified atom stereocenters. The highest BCUT2D eigenvalue weighted by Gasteiger charge is 2.17. The highest BCUT2D eigenvalue weighted by atomic mass is 35.5. The molecule has 144 valence electrons. The van der Waals surface area contributed by atoms with Gasteiger partial charge in [-0.05, 0) is 23.3 Å². The van der Waals surface area contributed by atoms with E-state index in [0.717, 1.165) is 43.4 Å². The van der Waals surface area contributed by atoms with Gasteiger partial charge in [-0.3, -0.25) is 9.69 Å². The molecule has 0 spiro atoms. The number of nitrogens with one attached hydrogen (secondary N) is 1. The van der Waals surface area contributed by atoms with Gasteiger partial charge in [-0.15, -0.1) is 11.8 Å². The van der Waals surface area contributed by atoms with Crippen LogP contribution in [0.25, 0.3) is 0 Å². The third kappa shape index (κ3) is 6.54. The van der Waals surface area contributed by atoms with Crippen LogP contribution >= 0.6 is 23.4 Å². The van der Waals surface area contributed by atoms with Gasteiger partial charge in [0.05, 0.1) is 24.2 Å². The third-order valence-electron chi connectivity index (χ3n) is 4.51. The summed E-state index contributed by atoms with van der Waals surface area (Å²) in [6.07, 6.45) is 0. The molecule has 1 heterocycles. The molecular weight excluding hydrogens is 380 g/mol. The molecule has 0 aromatic heterocycles. The van der Waals surface area contributed by atoms with Crippen LogP contribution in [-0.2, 0) is 9.53 Å². The Morgan fingerprint density at radius 3 is 2.44 bits per heavy atom. The van der Waals surface area contributed by atoms with Crippen molar-refractivity contribution in [3.8, 4) is 0 Å². The van der Waals surface area contributed by atoms with Crippen molar-refractivity contribution in [2.75, 3.05) is 45.1 Å². The fourth-order valence-electron chi connectivity index (χ4n) is 3.04. The van der Waals surface area contributed by atoms with Crippen molar-refractivity contribution >= 4 is 29.3 Å². The maximum Gasteiger partial charge on any atom is 0.230 e. The second-order valence-electron chi connectivity index (χ2n) is 6.46. The Balaban J connectivity index is 1.53. The number of halogens is 1. The predicted octanol–water partition coefficient (Wildman–Crippen LogP) is 3.61. The first-order valence-electron chi connectivity index (χ1n) is 9.21. The number of carbonyl (C=O) groups excluding carboxylic acids is 1. The third-order valence-corrected chi connectivity index (χ3v) is 6.07. The summed E-state index contributed by atoms with van der Waals surface area (Å²) in [7, 11) is 0. The first-order valence-corrected chi connectivity index (χ1v) is 10.6. The van der Waals surface area contributed by atoms with Gasteiger partial charge in [0.15, 0.2) is 0 Å². The Morgan fingerprint density at radius 1 is 1.07 bits per heavy atom. The van der Waals surface area contributed by atoms with E-state index in [1.54, 1.807) is 11.8 Å². The summed E-state index contributed by atoms with van der Waals surface area (Å²) in [5, 5.41) is 3.86. The molecule has 27 heavy (non-hydrogen) atoms. The van der Waals surface area contributed by atoms with Crippen molar-refractivity contribution in [2.45, 2.75) is 5.25 Å². The van der Waals surface area contributed by atoms with Crippen molar-refractivity contribution < 1.29 is 9.53 Å². The molecule has 0 aliphatic carbocycles. The predicted molar refractivity (Wildman–Crippen MR) is 112 cm³/mol. The lowest BCUT2D eigenvalue weighted by Crippen LogP contribution is -2.41. The number of hydrogen-bond acceptors (Lipinski definition) is 4. The lowest BCUT2D eigenvalue weighted by Gasteiger charge is -2.26. The number of rotatable bonds is 8. The van der Waals surface area contributed by atoms with E-state index in [9.17, 15) is 4.79 Å².